The van der Waals surface area contributed by atoms with Crippen LogP contribution in [-0.4, -0.2) is 59.4 Å². The highest BCUT2D eigenvalue weighted by Gasteiger charge is 2.21. The molecule has 13 heteroatoms. The monoisotopic (exact) mass is 1900 g/mol. The molecule has 6 aromatic heterocycles. The quantitative estimate of drug-likeness (QED) is 0.0299. The Morgan fingerprint density at radius 2 is 0.493 bits per heavy atom. The van der Waals surface area contributed by atoms with Crippen molar-refractivity contribution in [3.05, 3.63) is 554 Å². The number of nitrogens with zero attached hydrogens (tertiary/aromatic N) is 6. The number of carbonyl (C=O) groups excluding carboxylic acids is 6. The smallest absolute Gasteiger partial charge is 0.227 e. The second-order valence-electron chi connectivity index (χ2n) is 33.9. The first-order chi connectivity index (χ1) is 69.4. The highest BCUT2D eigenvalue weighted by Crippen LogP contribution is 2.42. The molecule has 0 aliphatic carbocycles. The van der Waals surface area contributed by atoms with E-state index in [1.54, 1.807) is 19.1 Å². The standard InChI is InChI=1S/C52H35N3.C36H25NO2.C20H13NO2.C13H12NO.C8H8O.BrH/c1-6-16-36(17-7-1)47-32-42(33-48(53-47)37-18-8-2-9-19-37)40-26-28-51-45(30-40)46-31-41(27-29-52(46)55(51)44-24-14-5-15-25-44)43-34-49(38-20-10-3-11-21-38)54-50(35-43)39-22-12-4-13-23-39;38-35(28-10-4-1-5-11-28)22-18-26-16-20-33-31(24-26)32-25-27(19-23-36(39)29-12-6-2-7-13-29)17-21-34(32)37(33)30-14-8-3-9-15-30;22-12-14-6-8-19-17(10-14)18-11-15(13-23)7-9-20(18)21(19)16-4-2-1-3-5-16;15-13(12-7-3-1-4-8-12)11-14-9-5-2-6-10-14;1-7(9)8-5-3-2-4-6-8;/h1-35H;1-25H;1-13H;1-10H,11H2;2-6H,1H3;1H/q;;;+1;;/p-1/b;22-18+,23-19+;;;;. The maximum atomic E-state index is 12.6. The van der Waals surface area contributed by atoms with E-state index in [4.69, 9.17) is 9.97 Å². The normalized spacial score (nSPS) is 10.9. The number of hydrogen-bond acceptors (Lipinski definition) is 8. The molecule has 23 rings (SSSR count). The van der Waals surface area contributed by atoms with Crippen LogP contribution in [0.5, 0.6) is 0 Å². The molecule has 0 saturated heterocycles. The van der Waals surface area contributed by atoms with Crippen LogP contribution >= 0.6 is 0 Å². The number of aldehydes is 2. The van der Waals surface area contributed by atoms with Crippen molar-refractivity contribution < 1.29 is 50.3 Å². The molecule has 0 unspecified atom stereocenters. The number of pyridine rings is 3. The molecular weight excluding hydrogens is 1810 g/mol. The first kappa shape index (κ1) is 93.9. The molecule has 0 atom stereocenters. The van der Waals surface area contributed by atoms with Gasteiger partial charge in [-0.3, -0.25) is 28.8 Å². The number of Topliss-reactive ketones (excluding diaryl/α,β-unsaturated/α-hetero) is 2. The summed E-state index contributed by atoms with van der Waals surface area (Å²) in [4.78, 5) is 80.2. The lowest BCUT2D eigenvalue weighted by Gasteiger charge is -2.11. The Kier molecular flexibility index (Phi) is 29.5. The summed E-state index contributed by atoms with van der Waals surface area (Å²) < 4.78 is 8.64. The van der Waals surface area contributed by atoms with Crippen molar-refractivity contribution in [2.24, 2.45) is 0 Å². The Morgan fingerprint density at radius 1 is 0.246 bits per heavy atom. The van der Waals surface area contributed by atoms with E-state index >= 15 is 0 Å². The Morgan fingerprint density at radius 3 is 0.782 bits per heavy atom. The zero-order valence-electron chi connectivity index (χ0n) is 77.5. The van der Waals surface area contributed by atoms with Crippen LogP contribution in [0, 0.1) is 0 Å². The fraction of sp³-hybridized carbons (Fsp3) is 0.0155. The van der Waals surface area contributed by atoms with Gasteiger partial charge in [0.1, 0.15) is 12.6 Å². The lowest BCUT2D eigenvalue weighted by atomic mass is 9.97. The fourth-order valence-corrected chi connectivity index (χ4v) is 17.7. The van der Waals surface area contributed by atoms with Crippen LogP contribution in [-0.2, 0) is 6.54 Å². The van der Waals surface area contributed by atoms with Gasteiger partial charge in [-0.2, -0.15) is 4.57 Å². The first-order valence-electron chi connectivity index (χ1n) is 46.6. The van der Waals surface area contributed by atoms with Gasteiger partial charge in [0.25, 0.3) is 0 Å². The molecule has 23 aromatic rings. The summed E-state index contributed by atoms with van der Waals surface area (Å²) in [5.74, 6) is 0.193. The van der Waals surface area contributed by atoms with Crippen LogP contribution in [0.2, 0.25) is 0 Å². The van der Waals surface area contributed by atoms with Gasteiger partial charge in [0.15, 0.2) is 29.7 Å². The van der Waals surface area contributed by atoms with Crippen LogP contribution in [0.25, 0.3) is 162 Å². The van der Waals surface area contributed by atoms with Gasteiger partial charge in [-0.1, -0.05) is 340 Å². The predicted octanol–water partition coefficient (Wildman–Crippen LogP) is 27.3. The number of fused-ring (bicyclic) bond motifs is 9. The molecule has 0 N–H and O–H groups in total. The average Bonchev–Trinajstić information content (AvgIpc) is 1.61. The summed E-state index contributed by atoms with van der Waals surface area (Å²) in [5, 5.41) is 6.48. The molecule has 0 bridgehead atoms. The lowest BCUT2D eigenvalue weighted by Crippen LogP contribution is -3.00. The van der Waals surface area contributed by atoms with Crippen molar-refractivity contribution in [3.63, 3.8) is 0 Å². The van der Waals surface area contributed by atoms with E-state index in [1.807, 2.05) is 290 Å². The van der Waals surface area contributed by atoms with E-state index in [-0.39, 0.29) is 40.1 Å². The summed E-state index contributed by atoms with van der Waals surface area (Å²) in [6.07, 6.45) is 12.4. The number of aromatic nitrogens is 6. The van der Waals surface area contributed by atoms with Crippen molar-refractivity contribution in [2.45, 2.75) is 13.5 Å². The van der Waals surface area contributed by atoms with Gasteiger partial charge in [0.05, 0.1) is 55.9 Å². The molecule has 0 amide bonds. The SMILES string of the molecule is CC(=O)c1ccccc1.O=C(/C=C/c1ccc2c(c1)c1cc(/C=C/C(=O)c3ccccc3)ccc1n2-c1ccccc1)c1ccccc1.O=C(C[n+]1ccccc1)c1ccccc1.O=Cc1ccc2c(c1)c1cc(C=O)ccc1n2-c1ccccc1.[Br-].c1ccc(-c2cc(-c3ccc4c(c3)c3cc(-c5cc(-c6ccccc6)nc(-c6ccccc6)c5)ccc3n4-c3ccccc3)cc(-c3ccccc3)n2)cc1. The number of hydrogen-bond donors (Lipinski definition) is 0. The molecule has 0 spiro atoms. The summed E-state index contributed by atoms with van der Waals surface area (Å²) in [5.41, 5.74) is 28.5. The van der Waals surface area contributed by atoms with Crippen molar-refractivity contribution in [1.29, 1.82) is 0 Å². The van der Waals surface area contributed by atoms with Crippen LogP contribution < -0.4 is 21.5 Å². The van der Waals surface area contributed by atoms with Crippen molar-refractivity contribution in [1.82, 2.24) is 23.7 Å². The van der Waals surface area contributed by atoms with Gasteiger partial charge in [0, 0.05) is 117 Å². The maximum absolute atomic E-state index is 12.6. The number of benzene rings is 17. The third kappa shape index (κ3) is 21.7. The Balaban J connectivity index is 0.000000132. The average molecular weight is 1900 g/mol. The topological polar surface area (TPSA) is 147 Å². The highest BCUT2D eigenvalue weighted by atomic mass is 79.9. The van der Waals surface area contributed by atoms with E-state index in [9.17, 15) is 28.8 Å². The first-order valence-corrected chi connectivity index (χ1v) is 46.6. The molecule has 12 nitrogen and oxygen atoms in total. The maximum Gasteiger partial charge on any atom is 0.227 e. The van der Waals surface area contributed by atoms with Gasteiger partial charge in [0.2, 0.25) is 12.3 Å². The molecule has 0 radical (unpaired) electrons. The summed E-state index contributed by atoms with van der Waals surface area (Å²) in [6, 6.07) is 162. The number of rotatable bonds is 21. The molecular formula is C129H93BrN6O6. The molecule has 682 valence electrons. The number of para-hydroxylation sites is 3. The highest BCUT2D eigenvalue weighted by molar-refractivity contribution is 6.15. The third-order valence-electron chi connectivity index (χ3n) is 24.7. The van der Waals surface area contributed by atoms with E-state index in [1.165, 1.54) is 10.8 Å². The number of carbonyl (C=O) groups is 6. The molecule has 6 heterocycles. The van der Waals surface area contributed by atoms with E-state index in [0.29, 0.717) is 28.8 Å². The number of allylic oxidation sites excluding steroid dienone is 2. The third-order valence-corrected chi connectivity index (χ3v) is 24.7. The fourth-order valence-electron chi connectivity index (χ4n) is 17.7. The second-order valence-corrected chi connectivity index (χ2v) is 33.9. The van der Waals surface area contributed by atoms with E-state index in [0.717, 1.165) is 174 Å². The van der Waals surface area contributed by atoms with Crippen molar-refractivity contribution in [3.8, 4) is 84.3 Å². The zero-order chi connectivity index (χ0) is 96.2. The Bertz CT molecular complexity index is 8020. The van der Waals surface area contributed by atoms with Gasteiger partial charge in [-0.15, -0.1) is 0 Å². The van der Waals surface area contributed by atoms with Crippen LogP contribution in [0.15, 0.2) is 510 Å². The lowest BCUT2D eigenvalue weighted by molar-refractivity contribution is -0.683. The van der Waals surface area contributed by atoms with Gasteiger partial charge >= 0.3 is 0 Å². The molecule has 0 aliphatic heterocycles. The number of halogens is 1. The second kappa shape index (κ2) is 44.6. The molecule has 0 fully saturated rings. The molecule has 17 aromatic carbocycles. The molecule has 142 heavy (non-hydrogen) atoms. The van der Waals surface area contributed by atoms with E-state index < -0.39 is 0 Å². The summed E-state index contributed by atoms with van der Waals surface area (Å²) in [7, 11) is 0. The van der Waals surface area contributed by atoms with Crippen LogP contribution in [0.1, 0.15) is 80.2 Å². The van der Waals surface area contributed by atoms with Crippen LogP contribution in [0.4, 0.5) is 0 Å². The Labute approximate surface area is 833 Å². The Hall–Kier alpha value is -18.4. The molecule has 0 aliphatic rings. The molecule has 0 saturated carbocycles. The minimum atomic E-state index is -0.0297. The predicted molar refractivity (Wildman–Crippen MR) is 575 cm³/mol. The van der Waals surface area contributed by atoms with Gasteiger partial charge < -0.3 is 30.7 Å². The summed E-state index contributed by atoms with van der Waals surface area (Å²) in [6.45, 7) is 1.96. The van der Waals surface area contributed by atoms with Gasteiger partial charge in [-0.25, -0.2) is 9.97 Å². The summed E-state index contributed by atoms with van der Waals surface area (Å²) >= 11 is 0. The van der Waals surface area contributed by atoms with Crippen molar-refractivity contribution in [2.75, 3.05) is 0 Å². The minimum Gasteiger partial charge on any atom is -1.00 e. The number of ketones is 4. The minimum absolute atomic E-state index is 0. The van der Waals surface area contributed by atoms with Crippen molar-refractivity contribution >= 4 is 113 Å². The largest absolute Gasteiger partial charge is 1.00 e. The van der Waals surface area contributed by atoms with Gasteiger partial charge in [-0.05, 0) is 198 Å². The zero-order valence-corrected chi connectivity index (χ0v) is 79.1. The van der Waals surface area contributed by atoms with Crippen LogP contribution in [0.3, 0.4) is 0 Å². The van der Waals surface area contributed by atoms with E-state index in [2.05, 4.69) is 238 Å².